The molecule has 0 radical (unpaired) electrons. The van der Waals surface area contributed by atoms with E-state index in [2.05, 4.69) is 19.2 Å². The van der Waals surface area contributed by atoms with Crippen molar-refractivity contribution in [2.24, 2.45) is 0 Å². The summed E-state index contributed by atoms with van der Waals surface area (Å²) < 4.78 is 11.1. The maximum Gasteiger partial charge on any atom is 0.0561 e. The van der Waals surface area contributed by atoms with Crippen LogP contribution in [-0.2, 0) is 9.47 Å². The number of ether oxygens (including phenoxy) is 2. The topological polar surface area (TPSA) is 30.5 Å². The fourth-order valence-corrected chi connectivity index (χ4v) is 2.63. The van der Waals surface area contributed by atoms with Crippen molar-refractivity contribution in [3.05, 3.63) is 0 Å². The van der Waals surface area contributed by atoms with Gasteiger partial charge in [0.1, 0.15) is 0 Å². The van der Waals surface area contributed by atoms with Crippen molar-refractivity contribution in [1.82, 2.24) is 5.32 Å². The van der Waals surface area contributed by atoms with Gasteiger partial charge in [-0.15, -0.1) is 0 Å². The highest BCUT2D eigenvalue weighted by atomic mass is 16.5. The fraction of sp³-hybridized carbons (Fsp3) is 1.00. The molecule has 4 unspecified atom stereocenters. The molecule has 88 valence electrons. The summed E-state index contributed by atoms with van der Waals surface area (Å²) in [5.74, 6) is 0. The van der Waals surface area contributed by atoms with Gasteiger partial charge in [0.25, 0.3) is 0 Å². The van der Waals surface area contributed by atoms with Crippen LogP contribution in [0.2, 0.25) is 0 Å². The van der Waals surface area contributed by atoms with E-state index < -0.39 is 0 Å². The molecule has 0 saturated carbocycles. The van der Waals surface area contributed by atoms with E-state index in [1.165, 1.54) is 0 Å². The Balaban J connectivity index is 1.75. The number of hydrogen-bond acceptors (Lipinski definition) is 3. The summed E-state index contributed by atoms with van der Waals surface area (Å²) in [6.45, 7) is 6.16. The zero-order chi connectivity index (χ0) is 10.7. The molecule has 0 aliphatic carbocycles. The van der Waals surface area contributed by atoms with E-state index in [1.807, 2.05) is 0 Å². The molecule has 15 heavy (non-hydrogen) atoms. The highest BCUT2D eigenvalue weighted by molar-refractivity contribution is 4.82. The summed E-state index contributed by atoms with van der Waals surface area (Å²) >= 11 is 0. The largest absolute Gasteiger partial charge is 0.378 e. The van der Waals surface area contributed by atoms with E-state index in [4.69, 9.17) is 9.47 Å². The Bertz CT molecular complexity index is 178. The van der Waals surface area contributed by atoms with E-state index in [-0.39, 0.29) is 0 Å². The minimum absolute atomic E-state index is 0.425. The fourth-order valence-electron chi connectivity index (χ4n) is 2.63. The van der Waals surface area contributed by atoms with Crippen LogP contribution in [0.3, 0.4) is 0 Å². The first-order valence-electron chi connectivity index (χ1n) is 6.23. The van der Waals surface area contributed by atoms with Crippen molar-refractivity contribution in [2.75, 3.05) is 13.2 Å². The van der Waals surface area contributed by atoms with Crippen molar-refractivity contribution >= 4 is 0 Å². The molecule has 3 nitrogen and oxygen atoms in total. The van der Waals surface area contributed by atoms with Gasteiger partial charge in [0.2, 0.25) is 0 Å². The molecular formula is C12H23NO2. The first kappa shape index (κ1) is 11.4. The van der Waals surface area contributed by atoms with Crippen LogP contribution in [0.1, 0.15) is 39.5 Å². The predicted octanol–water partition coefficient (Wildman–Crippen LogP) is 1.71. The van der Waals surface area contributed by atoms with E-state index in [0.29, 0.717) is 24.3 Å². The Kier molecular flexibility index (Phi) is 4.00. The molecule has 2 rings (SSSR count). The summed E-state index contributed by atoms with van der Waals surface area (Å²) in [6.07, 6.45) is 5.49. The monoisotopic (exact) mass is 213 g/mol. The molecule has 2 heterocycles. The Morgan fingerprint density at radius 2 is 1.33 bits per heavy atom. The minimum Gasteiger partial charge on any atom is -0.378 e. The van der Waals surface area contributed by atoms with Crippen LogP contribution in [0.25, 0.3) is 0 Å². The SMILES string of the molecule is CC1CC(NC2CCOC(C)C2)CCO1. The van der Waals surface area contributed by atoms with E-state index in [9.17, 15) is 0 Å². The second kappa shape index (κ2) is 5.28. The van der Waals surface area contributed by atoms with E-state index in [0.717, 1.165) is 38.9 Å². The molecule has 2 saturated heterocycles. The summed E-state index contributed by atoms with van der Waals surface area (Å²) in [7, 11) is 0. The van der Waals surface area contributed by atoms with E-state index >= 15 is 0 Å². The predicted molar refractivity (Wildman–Crippen MR) is 60.0 cm³/mol. The summed E-state index contributed by atoms with van der Waals surface area (Å²) in [5.41, 5.74) is 0. The molecule has 2 aliphatic heterocycles. The quantitative estimate of drug-likeness (QED) is 0.757. The van der Waals surface area contributed by atoms with Crippen LogP contribution in [0.4, 0.5) is 0 Å². The third-order valence-corrected chi connectivity index (χ3v) is 3.44. The molecular weight excluding hydrogens is 190 g/mol. The molecule has 4 atom stereocenters. The molecule has 0 spiro atoms. The Labute approximate surface area is 92.5 Å². The second-order valence-electron chi connectivity index (χ2n) is 4.97. The summed E-state index contributed by atoms with van der Waals surface area (Å²) in [6, 6.07) is 1.31. The zero-order valence-electron chi connectivity index (χ0n) is 9.87. The van der Waals surface area contributed by atoms with Gasteiger partial charge >= 0.3 is 0 Å². The lowest BCUT2D eigenvalue weighted by Crippen LogP contribution is -2.46. The number of nitrogens with one attached hydrogen (secondary N) is 1. The molecule has 0 bridgehead atoms. The van der Waals surface area contributed by atoms with Crippen LogP contribution >= 0.6 is 0 Å². The van der Waals surface area contributed by atoms with Gasteiger partial charge in [0, 0.05) is 25.3 Å². The average Bonchev–Trinajstić information content (AvgIpc) is 2.17. The van der Waals surface area contributed by atoms with Crippen molar-refractivity contribution in [2.45, 2.75) is 63.8 Å². The molecule has 1 N–H and O–H groups in total. The highest BCUT2D eigenvalue weighted by Crippen LogP contribution is 2.18. The molecule has 0 amide bonds. The van der Waals surface area contributed by atoms with Crippen LogP contribution < -0.4 is 5.32 Å². The van der Waals surface area contributed by atoms with Crippen LogP contribution in [0.5, 0.6) is 0 Å². The third-order valence-electron chi connectivity index (χ3n) is 3.44. The smallest absolute Gasteiger partial charge is 0.0561 e. The third kappa shape index (κ3) is 3.44. The van der Waals surface area contributed by atoms with Gasteiger partial charge in [-0.3, -0.25) is 0 Å². The lowest BCUT2D eigenvalue weighted by Gasteiger charge is -2.34. The van der Waals surface area contributed by atoms with Gasteiger partial charge in [-0.2, -0.15) is 0 Å². The van der Waals surface area contributed by atoms with Gasteiger partial charge in [0.05, 0.1) is 12.2 Å². The Morgan fingerprint density at radius 3 is 1.73 bits per heavy atom. The van der Waals surface area contributed by atoms with Gasteiger partial charge in [-0.05, 0) is 39.5 Å². The molecule has 2 aliphatic rings. The molecule has 0 aromatic rings. The van der Waals surface area contributed by atoms with Gasteiger partial charge in [-0.1, -0.05) is 0 Å². The Hall–Kier alpha value is -0.120. The highest BCUT2D eigenvalue weighted by Gasteiger charge is 2.25. The zero-order valence-corrected chi connectivity index (χ0v) is 9.87. The maximum atomic E-state index is 5.55. The van der Waals surface area contributed by atoms with Crippen molar-refractivity contribution in [1.29, 1.82) is 0 Å². The first-order chi connectivity index (χ1) is 7.24. The molecule has 3 heteroatoms. The minimum atomic E-state index is 0.425. The first-order valence-corrected chi connectivity index (χ1v) is 6.23. The normalized spacial score (nSPS) is 42.8. The van der Waals surface area contributed by atoms with Gasteiger partial charge < -0.3 is 14.8 Å². The average molecular weight is 213 g/mol. The Morgan fingerprint density at radius 1 is 0.867 bits per heavy atom. The van der Waals surface area contributed by atoms with Gasteiger partial charge in [-0.25, -0.2) is 0 Å². The second-order valence-corrected chi connectivity index (χ2v) is 4.97. The van der Waals surface area contributed by atoms with Gasteiger partial charge in [0.15, 0.2) is 0 Å². The van der Waals surface area contributed by atoms with Crippen molar-refractivity contribution in [3.8, 4) is 0 Å². The van der Waals surface area contributed by atoms with Crippen LogP contribution in [-0.4, -0.2) is 37.5 Å². The standard InChI is InChI=1S/C12H23NO2/c1-9-7-11(3-5-14-9)13-12-4-6-15-10(2)8-12/h9-13H,3-8H2,1-2H3. The van der Waals surface area contributed by atoms with Crippen molar-refractivity contribution in [3.63, 3.8) is 0 Å². The van der Waals surface area contributed by atoms with Crippen LogP contribution in [0.15, 0.2) is 0 Å². The molecule has 2 fully saturated rings. The van der Waals surface area contributed by atoms with Crippen LogP contribution in [0, 0.1) is 0 Å². The maximum absolute atomic E-state index is 5.55. The van der Waals surface area contributed by atoms with E-state index in [1.54, 1.807) is 0 Å². The number of rotatable bonds is 2. The number of hydrogen-bond donors (Lipinski definition) is 1. The summed E-state index contributed by atoms with van der Waals surface area (Å²) in [4.78, 5) is 0. The van der Waals surface area contributed by atoms with Crippen molar-refractivity contribution < 1.29 is 9.47 Å². The molecule has 0 aromatic carbocycles. The lowest BCUT2D eigenvalue weighted by molar-refractivity contribution is -0.00853. The summed E-state index contributed by atoms with van der Waals surface area (Å²) in [5, 5.41) is 3.76. The molecule has 0 aromatic heterocycles. The lowest BCUT2D eigenvalue weighted by atomic mass is 9.99.